The van der Waals surface area contributed by atoms with Crippen LogP contribution in [0.25, 0.3) is 0 Å². The molecule has 0 fully saturated rings. The van der Waals surface area contributed by atoms with Crippen LogP contribution < -0.4 is 4.90 Å². The van der Waals surface area contributed by atoms with Crippen molar-refractivity contribution < 1.29 is 5.11 Å². The fraction of sp³-hybridized carbons (Fsp3) is 0.308. The van der Waals surface area contributed by atoms with E-state index in [1.165, 1.54) is 0 Å². The van der Waals surface area contributed by atoms with Crippen LogP contribution in [-0.2, 0) is 6.54 Å². The molecule has 5 heteroatoms. The second kappa shape index (κ2) is 5.82. The average Bonchev–Trinajstić information content (AvgIpc) is 2.81. The molecule has 1 aromatic carbocycles. The summed E-state index contributed by atoms with van der Waals surface area (Å²) in [5.41, 5.74) is 4.91. The van der Waals surface area contributed by atoms with Crippen LogP contribution in [0.3, 0.4) is 0 Å². The van der Waals surface area contributed by atoms with Gasteiger partial charge in [0.05, 0.1) is 23.9 Å². The van der Waals surface area contributed by atoms with Gasteiger partial charge < -0.3 is 10.0 Å². The zero-order valence-electron chi connectivity index (χ0n) is 10.3. The molecule has 0 amide bonds. The molecule has 1 heterocycles. The molecule has 0 unspecified atom stereocenters. The zero-order chi connectivity index (χ0) is 13.1. The van der Waals surface area contributed by atoms with Gasteiger partial charge in [0.1, 0.15) is 0 Å². The maximum Gasteiger partial charge on any atom is 0.0795 e. The van der Waals surface area contributed by atoms with Crippen molar-refractivity contribution in [3.63, 3.8) is 0 Å². The molecule has 3 nitrogen and oxygen atoms in total. The monoisotopic (exact) mass is 326 g/mol. The quantitative estimate of drug-likeness (QED) is 0.932. The second-order valence-electron chi connectivity index (χ2n) is 4.22. The van der Waals surface area contributed by atoms with Gasteiger partial charge in [0.2, 0.25) is 0 Å². The Morgan fingerprint density at radius 2 is 2.28 bits per heavy atom. The Morgan fingerprint density at radius 1 is 1.50 bits per heavy atom. The third-order valence-electron chi connectivity index (χ3n) is 2.76. The summed E-state index contributed by atoms with van der Waals surface area (Å²) in [5.74, 6) is 0. The van der Waals surface area contributed by atoms with Crippen LogP contribution in [0.5, 0.6) is 0 Å². The Kier molecular flexibility index (Phi) is 4.37. The van der Waals surface area contributed by atoms with E-state index >= 15 is 0 Å². The van der Waals surface area contributed by atoms with E-state index in [4.69, 9.17) is 0 Å². The highest BCUT2D eigenvalue weighted by Gasteiger charge is 2.09. The number of halogens is 1. The van der Waals surface area contributed by atoms with Crippen molar-refractivity contribution in [3.05, 3.63) is 44.8 Å². The molecule has 0 aliphatic heterocycles. The topological polar surface area (TPSA) is 36.4 Å². The summed E-state index contributed by atoms with van der Waals surface area (Å²) in [4.78, 5) is 6.41. The first-order valence-corrected chi connectivity index (χ1v) is 7.37. The summed E-state index contributed by atoms with van der Waals surface area (Å²) in [6.07, 6.45) is -0.461. The van der Waals surface area contributed by atoms with Gasteiger partial charge in [-0.15, -0.1) is 11.3 Å². The number of aliphatic hydroxyl groups is 1. The number of aromatic nitrogens is 1. The van der Waals surface area contributed by atoms with Crippen molar-refractivity contribution in [1.29, 1.82) is 0 Å². The van der Waals surface area contributed by atoms with Gasteiger partial charge in [0.25, 0.3) is 0 Å². The van der Waals surface area contributed by atoms with Crippen molar-refractivity contribution in [3.8, 4) is 0 Å². The Bertz CT molecular complexity index is 514. The maximum absolute atomic E-state index is 9.59. The lowest BCUT2D eigenvalue weighted by Gasteiger charge is -2.19. The summed E-state index contributed by atoms with van der Waals surface area (Å²) >= 11 is 5.10. The second-order valence-corrected chi connectivity index (χ2v) is 5.79. The molecule has 0 radical (unpaired) electrons. The molecule has 1 N–H and O–H groups in total. The molecule has 2 rings (SSSR count). The number of rotatable bonds is 4. The number of hydrogen-bond acceptors (Lipinski definition) is 4. The highest BCUT2D eigenvalue weighted by atomic mass is 79.9. The van der Waals surface area contributed by atoms with E-state index in [2.05, 4.69) is 31.2 Å². The highest BCUT2D eigenvalue weighted by molar-refractivity contribution is 9.10. The normalized spacial score (nSPS) is 12.4. The molecule has 18 heavy (non-hydrogen) atoms. The summed E-state index contributed by atoms with van der Waals surface area (Å²) in [6.45, 7) is 2.54. The molecule has 2 aromatic rings. The van der Waals surface area contributed by atoms with E-state index in [0.717, 1.165) is 28.0 Å². The lowest BCUT2D eigenvalue weighted by molar-refractivity contribution is 0.198. The summed E-state index contributed by atoms with van der Waals surface area (Å²) in [7, 11) is 2.03. The van der Waals surface area contributed by atoms with Gasteiger partial charge >= 0.3 is 0 Å². The average molecular weight is 327 g/mol. The minimum atomic E-state index is -0.461. The van der Waals surface area contributed by atoms with Gasteiger partial charge in [-0.1, -0.05) is 22.0 Å². The fourth-order valence-corrected chi connectivity index (χ4v) is 2.99. The molecule has 1 aromatic heterocycles. The van der Waals surface area contributed by atoms with E-state index in [-0.39, 0.29) is 0 Å². The Balaban J connectivity index is 2.16. The Labute approximate surface area is 119 Å². The van der Waals surface area contributed by atoms with Crippen LogP contribution in [0.4, 0.5) is 5.69 Å². The first-order valence-electron chi connectivity index (χ1n) is 5.63. The first kappa shape index (κ1) is 13.5. The predicted molar refractivity (Wildman–Crippen MR) is 79.0 cm³/mol. The van der Waals surface area contributed by atoms with Gasteiger partial charge in [0, 0.05) is 22.6 Å². The van der Waals surface area contributed by atoms with Gasteiger partial charge in [-0.05, 0) is 24.6 Å². The van der Waals surface area contributed by atoms with Crippen molar-refractivity contribution in [2.24, 2.45) is 0 Å². The lowest BCUT2D eigenvalue weighted by atomic mass is 10.1. The van der Waals surface area contributed by atoms with Crippen molar-refractivity contribution in [2.45, 2.75) is 19.6 Å². The largest absolute Gasteiger partial charge is 0.389 e. The van der Waals surface area contributed by atoms with Crippen molar-refractivity contribution >= 4 is 33.0 Å². The molecule has 0 spiro atoms. The number of nitrogens with zero attached hydrogens (tertiary/aromatic N) is 2. The highest BCUT2D eigenvalue weighted by Crippen LogP contribution is 2.28. The third kappa shape index (κ3) is 3.10. The molecule has 0 aliphatic rings. The molecule has 96 valence electrons. The molecule has 0 saturated heterocycles. The molecule has 0 saturated carbocycles. The van der Waals surface area contributed by atoms with E-state index < -0.39 is 6.10 Å². The smallest absolute Gasteiger partial charge is 0.0795 e. The minimum absolute atomic E-state index is 0.461. The summed E-state index contributed by atoms with van der Waals surface area (Å²) in [6, 6.07) is 5.98. The van der Waals surface area contributed by atoms with Crippen LogP contribution in [0.15, 0.2) is 33.6 Å². The van der Waals surface area contributed by atoms with Gasteiger partial charge in [-0.3, -0.25) is 0 Å². The van der Waals surface area contributed by atoms with Crippen LogP contribution in [-0.4, -0.2) is 17.1 Å². The molecule has 0 aliphatic carbocycles. The number of aliphatic hydroxyl groups excluding tert-OH is 1. The standard InChI is InChI=1S/C13H15BrN2OS/c1-9(17)12-4-3-11(5-13(12)14)16(2)6-10-7-18-8-15-10/h3-5,7-9,17H,6H2,1-2H3/t9-/m0/s1. The van der Waals surface area contributed by atoms with Crippen LogP contribution in [0.1, 0.15) is 24.3 Å². The summed E-state index contributed by atoms with van der Waals surface area (Å²) < 4.78 is 0.931. The van der Waals surface area contributed by atoms with Crippen molar-refractivity contribution in [2.75, 3.05) is 11.9 Å². The fourth-order valence-electron chi connectivity index (χ4n) is 1.74. The Hall–Kier alpha value is -0.910. The van der Waals surface area contributed by atoms with E-state index in [1.807, 2.05) is 30.8 Å². The van der Waals surface area contributed by atoms with Crippen LogP contribution in [0.2, 0.25) is 0 Å². The van der Waals surface area contributed by atoms with E-state index in [1.54, 1.807) is 18.3 Å². The third-order valence-corrected chi connectivity index (χ3v) is 4.08. The number of anilines is 1. The van der Waals surface area contributed by atoms with Crippen LogP contribution >= 0.6 is 27.3 Å². The minimum Gasteiger partial charge on any atom is -0.389 e. The maximum atomic E-state index is 9.59. The van der Waals surface area contributed by atoms with E-state index in [9.17, 15) is 5.11 Å². The number of benzene rings is 1. The molecule has 0 bridgehead atoms. The number of thiazole rings is 1. The Morgan fingerprint density at radius 3 is 2.83 bits per heavy atom. The lowest BCUT2D eigenvalue weighted by Crippen LogP contribution is -2.16. The molecular weight excluding hydrogens is 312 g/mol. The predicted octanol–water partition coefficient (Wildman–Crippen LogP) is 3.60. The van der Waals surface area contributed by atoms with Gasteiger partial charge in [-0.2, -0.15) is 0 Å². The summed E-state index contributed by atoms with van der Waals surface area (Å²) in [5, 5.41) is 11.6. The molecular formula is C13H15BrN2OS. The van der Waals surface area contributed by atoms with Crippen molar-refractivity contribution in [1.82, 2.24) is 4.98 Å². The molecule has 1 atom stereocenters. The number of hydrogen-bond donors (Lipinski definition) is 1. The zero-order valence-corrected chi connectivity index (χ0v) is 12.7. The van der Waals surface area contributed by atoms with Crippen LogP contribution in [0, 0.1) is 0 Å². The van der Waals surface area contributed by atoms with Gasteiger partial charge in [-0.25, -0.2) is 4.98 Å². The first-order chi connectivity index (χ1) is 8.58. The van der Waals surface area contributed by atoms with Gasteiger partial charge in [0.15, 0.2) is 0 Å². The van der Waals surface area contributed by atoms with E-state index in [0.29, 0.717) is 0 Å². The SMILES string of the molecule is C[C@H](O)c1ccc(N(C)Cc2cscn2)cc1Br.